The van der Waals surface area contributed by atoms with E-state index >= 15 is 0 Å². The second kappa shape index (κ2) is 7.27. The Kier molecular flexibility index (Phi) is 4.92. The molecule has 2 aromatic rings. The second-order valence-corrected chi connectivity index (χ2v) is 8.60. The van der Waals surface area contributed by atoms with Crippen LogP contribution in [0.3, 0.4) is 0 Å². The number of carbonyl (C=O) groups excluding carboxylic acids is 1. The van der Waals surface area contributed by atoms with Gasteiger partial charge in [-0.3, -0.25) is 19.6 Å². The maximum absolute atomic E-state index is 12.9. The average molecular weight is 401 g/mol. The standard InChI is InChI=1S/C20H27N5O4/c1-10(16-8-14-5-6-15(16)7-14)21-20(26)18-17(13(4)29-23-18)9-24-12(3)19(25(27)28)11(2)22-24/h10,14-16H,5-9H2,1-4H3,(H,21,26). The topological polar surface area (TPSA) is 116 Å². The van der Waals surface area contributed by atoms with Crippen LogP contribution in [-0.2, 0) is 6.54 Å². The van der Waals surface area contributed by atoms with Gasteiger partial charge in [0.2, 0.25) is 0 Å². The Morgan fingerprint density at radius 3 is 2.69 bits per heavy atom. The van der Waals surface area contributed by atoms with Crippen molar-refractivity contribution < 1.29 is 14.2 Å². The average Bonchev–Trinajstić information content (AvgIpc) is 3.41. The summed E-state index contributed by atoms with van der Waals surface area (Å²) in [5, 5.41) is 22.6. The van der Waals surface area contributed by atoms with Crippen molar-refractivity contribution in [1.82, 2.24) is 20.3 Å². The molecule has 156 valence electrons. The van der Waals surface area contributed by atoms with Crippen LogP contribution in [-0.4, -0.2) is 31.8 Å². The Hall–Kier alpha value is -2.71. The van der Waals surface area contributed by atoms with Crippen molar-refractivity contribution in [1.29, 1.82) is 0 Å². The summed E-state index contributed by atoms with van der Waals surface area (Å²) >= 11 is 0. The van der Waals surface area contributed by atoms with Crippen LogP contribution in [0.4, 0.5) is 5.69 Å². The van der Waals surface area contributed by atoms with Crippen LogP contribution in [0.1, 0.15) is 65.8 Å². The van der Waals surface area contributed by atoms with Crippen molar-refractivity contribution in [3.63, 3.8) is 0 Å². The first-order valence-corrected chi connectivity index (χ1v) is 10.2. The summed E-state index contributed by atoms with van der Waals surface area (Å²) in [6, 6.07) is 0.0810. The van der Waals surface area contributed by atoms with E-state index in [0.717, 1.165) is 5.92 Å². The lowest BCUT2D eigenvalue weighted by Crippen LogP contribution is -2.40. The lowest BCUT2D eigenvalue weighted by Gasteiger charge is -2.28. The number of aromatic nitrogens is 3. The molecule has 1 N–H and O–H groups in total. The van der Waals surface area contributed by atoms with Crippen LogP contribution in [0.5, 0.6) is 0 Å². The maximum atomic E-state index is 12.9. The summed E-state index contributed by atoms with van der Waals surface area (Å²) in [5.74, 6) is 2.30. The number of amides is 1. The SMILES string of the molecule is Cc1nn(Cc2c(C(=O)NC(C)C3CC4CCC3C4)noc2C)c(C)c1[N+](=O)[O-]. The normalized spacial score (nSPS) is 24.1. The Labute approximate surface area is 169 Å². The number of hydrogen-bond donors (Lipinski definition) is 1. The molecule has 2 fully saturated rings. The lowest BCUT2D eigenvalue weighted by atomic mass is 9.84. The smallest absolute Gasteiger partial charge is 0.312 e. The molecule has 2 aromatic heterocycles. The monoisotopic (exact) mass is 401 g/mol. The van der Waals surface area contributed by atoms with Crippen molar-refractivity contribution in [3.05, 3.63) is 38.5 Å². The van der Waals surface area contributed by atoms with Gasteiger partial charge < -0.3 is 9.84 Å². The molecule has 0 aromatic carbocycles. The molecular formula is C20H27N5O4. The van der Waals surface area contributed by atoms with Gasteiger partial charge in [-0.1, -0.05) is 11.6 Å². The number of fused-ring (bicyclic) bond motifs is 2. The number of rotatable bonds is 6. The van der Waals surface area contributed by atoms with E-state index in [2.05, 4.69) is 22.5 Å². The van der Waals surface area contributed by atoms with Crippen LogP contribution in [0.25, 0.3) is 0 Å². The zero-order valence-electron chi connectivity index (χ0n) is 17.3. The molecule has 9 nitrogen and oxygen atoms in total. The maximum Gasteiger partial charge on any atom is 0.312 e. The zero-order chi connectivity index (χ0) is 20.9. The molecule has 4 atom stereocenters. The first-order chi connectivity index (χ1) is 13.8. The van der Waals surface area contributed by atoms with Gasteiger partial charge in [0.05, 0.1) is 11.5 Å². The van der Waals surface area contributed by atoms with E-state index in [-0.39, 0.29) is 29.9 Å². The molecule has 2 aliphatic carbocycles. The summed E-state index contributed by atoms with van der Waals surface area (Å²) in [4.78, 5) is 23.8. The van der Waals surface area contributed by atoms with E-state index in [1.807, 2.05) is 0 Å². The number of carbonyl (C=O) groups is 1. The highest BCUT2D eigenvalue weighted by atomic mass is 16.6. The minimum absolute atomic E-state index is 0.00461. The highest BCUT2D eigenvalue weighted by Crippen LogP contribution is 2.49. The second-order valence-electron chi connectivity index (χ2n) is 8.60. The first-order valence-electron chi connectivity index (χ1n) is 10.2. The number of nitrogens with zero attached hydrogens (tertiary/aromatic N) is 4. The lowest BCUT2D eigenvalue weighted by molar-refractivity contribution is -0.386. The molecule has 0 radical (unpaired) electrons. The predicted molar refractivity (Wildman–Crippen MR) is 105 cm³/mol. The van der Waals surface area contributed by atoms with E-state index in [0.29, 0.717) is 34.5 Å². The van der Waals surface area contributed by atoms with Gasteiger partial charge in [-0.25, -0.2) is 0 Å². The molecule has 2 aliphatic rings. The van der Waals surface area contributed by atoms with Crippen LogP contribution in [0.15, 0.2) is 4.52 Å². The molecule has 4 unspecified atom stereocenters. The quantitative estimate of drug-likeness (QED) is 0.586. The van der Waals surface area contributed by atoms with Gasteiger partial charge in [-0.2, -0.15) is 5.10 Å². The molecule has 2 heterocycles. The molecule has 0 saturated heterocycles. The highest BCUT2D eigenvalue weighted by Gasteiger charge is 2.42. The molecule has 2 bridgehead atoms. The largest absolute Gasteiger partial charge is 0.361 e. The molecule has 0 aliphatic heterocycles. The molecule has 4 rings (SSSR count). The fourth-order valence-electron chi connectivity index (χ4n) is 5.30. The van der Waals surface area contributed by atoms with Gasteiger partial charge in [-0.05, 0) is 64.7 Å². The third-order valence-electron chi connectivity index (χ3n) is 6.83. The third-order valence-corrected chi connectivity index (χ3v) is 6.83. The first kappa shape index (κ1) is 19.6. The van der Waals surface area contributed by atoms with Crippen molar-refractivity contribution in [2.45, 2.75) is 66.0 Å². The minimum atomic E-state index is -0.431. The van der Waals surface area contributed by atoms with Crippen molar-refractivity contribution in [3.8, 4) is 0 Å². The highest BCUT2D eigenvalue weighted by molar-refractivity contribution is 5.94. The number of aryl methyl sites for hydroxylation is 2. The summed E-state index contributed by atoms with van der Waals surface area (Å²) in [6.45, 7) is 7.25. The molecule has 0 spiro atoms. The van der Waals surface area contributed by atoms with Gasteiger partial charge in [0.25, 0.3) is 5.91 Å². The molecule has 1 amide bonds. The Bertz CT molecular complexity index is 962. The molecular weight excluding hydrogens is 374 g/mol. The van der Waals surface area contributed by atoms with Crippen molar-refractivity contribution >= 4 is 11.6 Å². The number of nitrogens with one attached hydrogen (secondary N) is 1. The van der Waals surface area contributed by atoms with Gasteiger partial charge in [0, 0.05) is 11.6 Å². The molecule has 2 saturated carbocycles. The Morgan fingerprint density at radius 2 is 2.10 bits per heavy atom. The Balaban J connectivity index is 1.52. The number of nitro groups is 1. The Morgan fingerprint density at radius 1 is 1.34 bits per heavy atom. The van der Waals surface area contributed by atoms with E-state index in [9.17, 15) is 14.9 Å². The third kappa shape index (κ3) is 3.42. The van der Waals surface area contributed by atoms with Crippen LogP contribution < -0.4 is 5.32 Å². The van der Waals surface area contributed by atoms with E-state index in [4.69, 9.17) is 4.52 Å². The summed E-state index contributed by atoms with van der Waals surface area (Å²) in [7, 11) is 0. The summed E-state index contributed by atoms with van der Waals surface area (Å²) in [5.41, 5.74) is 1.61. The van der Waals surface area contributed by atoms with Gasteiger partial charge >= 0.3 is 5.69 Å². The summed E-state index contributed by atoms with van der Waals surface area (Å²) < 4.78 is 6.81. The van der Waals surface area contributed by atoms with E-state index < -0.39 is 4.92 Å². The zero-order valence-corrected chi connectivity index (χ0v) is 17.3. The van der Waals surface area contributed by atoms with E-state index in [1.165, 1.54) is 30.4 Å². The van der Waals surface area contributed by atoms with Crippen LogP contribution >= 0.6 is 0 Å². The fourth-order valence-corrected chi connectivity index (χ4v) is 5.30. The van der Waals surface area contributed by atoms with Crippen LogP contribution in [0.2, 0.25) is 0 Å². The van der Waals surface area contributed by atoms with Gasteiger partial charge in [0.15, 0.2) is 5.69 Å². The summed E-state index contributed by atoms with van der Waals surface area (Å²) in [6.07, 6.45) is 5.06. The van der Waals surface area contributed by atoms with E-state index in [1.54, 1.807) is 20.8 Å². The van der Waals surface area contributed by atoms with Gasteiger partial charge in [0.1, 0.15) is 17.1 Å². The van der Waals surface area contributed by atoms with Gasteiger partial charge in [-0.15, -0.1) is 0 Å². The van der Waals surface area contributed by atoms with Crippen molar-refractivity contribution in [2.75, 3.05) is 0 Å². The van der Waals surface area contributed by atoms with Crippen LogP contribution in [0, 0.1) is 48.6 Å². The minimum Gasteiger partial charge on any atom is -0.361 e. The predicted octanol–water partition coefficient (Wildman–Crippen LogP) is 3.31. The number of hydrogen-bond acceptors (Lipinski definition) is 6. The molecule has 9 heteroatoms. The van der Waals surface area contributed by atoms with Crippen molar-refractivity contribution in [2.24, 2.45) is 17.8 Å². The molecule has 29 heavy (non-hydrogen) atoms. The fraction of sp³-hybridized carbons (Fsp3) is 0.650.